The molecule has 0 saturated heterocycles. The number of hydrogen-bond donors (Lipinski definition) is 5. The summed E-state index contributed by atoms with van der Waals surface area (Å²) in [7, 11) is 0. The van der Waals surface area contributed by atoms with E-state index in [0.717, 1.165) is 5.56 Å². The quantitative estimate of drug-likeness (QED) is 0.508. The summed E-state index contributed by atoms with van der Waals surface area (Å²) < 4.78 is 0. The molecule has 0 radical (unpaired) electrons. The summed E-state index contributed by atoms with van der Waals surface area (Å²) in [6.07, 6.45) is 4.87. The van der Waals surface area contributed by atoms with E-state index in [0.29, 0.717) is 0 Å². The summed E-state index contributed by atoms with van der Waals surface area (Å²) in [5.41, 5.74) is 11.2. The summed E-state index contributed by atoms with van der Waals surface area (Å²) in [6.45, 7) is 3.49. The molecule has 21 heavy (non-hydrogen) atoms. The van der Waals surface area contributed by atoms with E-state index in [1.165, 1.54) is 12.1 Å². The molecule has 0 fully saturated rings. The first-order chi connectivity index (χ1) is 9.78. The van der Waals surface area contributed by atoms with Gasteiger partial charge < -0.3 is 26.8 Å². The number of terminal acetylenes is 1. The Morgan fingerprint density at radius 2 is 1.71 bits per heavy atom. The number of carboxylic acids is 1. The fraction of sp³-hybridized carbons (Fsp3) is 0.400. The summed E-state index contributed by atoms with van der Waals surface area (Å²) in [5, 5.41) is 25.5. The Kier molecular flexibility index (Phi) is 13.1. The van der Waals surface area contributed by atoms with Crippen LogP contribution in [0.3, 0.4) is 0 Å². The highest BCUT2D eigenvalue weighted by molar-refractivity contribution is 5.73. The number of phenolic OH excluding ortho intramolecular Hbond substituents is 1. The highest BCUT2D eigenvalue weighted by atomic mass is 16.4. The molecule has 7 N–H and O–H groups in total. The van der Waals surface area contributed by atoms with Gasteiger partial charge in [-0.1, -0.05) is 12.1 Å². The number of nitrogens with two attached hydrogens (primary N) is 2. The Bertz CT molecular complexity index is 424. The van der Waals surface area contributed by atoms with Crippen LogP contribution in [0.2, 0.25) is 0 Å². The van der Waals surface area contributed by atoms with E-state index in [4.69, 9.17) is 26.8 Å². The summed E-state index contributed by atoms with van der Waals surface area (Å²) in [5.74, 6) is 1.39. The molecule has 6 heteroatoms. The van der Waals surface area contributed by atoms with Crippen molar-refractivity contribution in [2.45, 2.75) is 32.4 Å². The van der Waals surface area contributed by atoms with Gasteiger partial charge in [-0.15, -0.1) is 12.3 Å². The maximum Gasteiger partial charge on any atom is 0.320 e. The maximum atomic E-state index is 10.4. The number of benzene rings is 1. The van der Waals surface area contributed by atoms with E-state index in [1.54, 1.807) is 26.0 Å². The smallest absolute Gasteiger partial charge is 0.320 e. The van der Waals surface area contributed by atoms with Gasteiger partial charge in [-0.3, -0.25) is 4.79 Å². The zero-order chi connectivity index (χ0) is 16.8. The Morgan fingerprint density at radius 1 is 1.33 bits per heavy atom. The van der Waals surface area contributed by atoms with Crippen molar-refractivity contribution in [1.82, 2.24) is 0 Å². The minimum Gasteiger partial charge on any atom is -0.508 e. The molecule has 6 nitrogen and oxygen atoms in total. The van der Waals surface area contributed by atoms with E-state index in [1.807, 2.05) is 0 Å². The van der Waals surface area contributed by atoms with E-state index in [2.05, 4.69) is 12.3 Å². The van der Waals surface area contributed by atoms with Crippen LogP contribution in [0.5, 0.6) is 5.75 Å². The third-order valence-electron chi connectivity index (χ3n) is 2.00. The topological polar surface area (TPSA) is 130 Å². The predicted molar refractivity (Wildman–Crippen MR) is 82.7 cm³/mol. The van der Waals surface area contributed by atoms with Gasteiger partial charge in [0, 0.05) is 6.04 Å². The van der Waals surface area contributed by atoms with Crippen LogP contribution < -0.4 is 11.5 Å². The van der Waals surface area contributed by atoms with Crippen molar-refractivity contribution in [3.05, 3.63) is 29.8 Å². The SMILES string of the molecule is C#CC.CC(N)CO.NC(Cc1ccc(O)cc1)C(=O)O. The molecule has 118 valence electrons. The Labute approximate surface area is 125 Å². The first kappa shape index (κ1) is 21.2. The van der Waals surface area contributed by atoms with Gasteiger partial charge >= 0.3 is 5.97 Å². The Hall–Kier alpha value is -2.07. The van der Waals surface area contributed by atoms with Crippen molar-refractivity contribution in [3.8, 4) is 18.1 Å². The molecule has 0 aliphatic heterocycles. The van der Waals surface area contributed by atoms with Crippen LogP contribution in [-0.2, 0) is 11.2 Å². The van der Waals surface area contributed by atoms with Crippen LogP contribution >= 0.6 is 0 Å². The number of aromatic hydroxyl groups is 1. The van der Waals surface area contributed by atoms with E-state index in [9.17, 15) is 4.79 Å². The van der Waals surface area contributed by atoms with Crippen molar-refractivity contribution in [2.75, 3.05) is 6.61 Å². The molecule has 0 spiro atoms. The summed E-state index contributed by atoms with van der Waals surface area (Å²) in [4.78, 5) is 10.4. The second-order valence-corrected chi connectivity index (χ2v) is 4.26. The largest absolute Gasteiger partial charge is 0.508 e. The van der Waals surface area contributed by atoms with Gasteiger partial charge in [0.05, 0.1) is 6.61 Å². The van der Waals surface area contributed by atoms with Crippen LogP contribution in [0.25, 0.3) is 0 Å². The normalized spacial score (nSPS) is 11.6. The summed E-state index contributed by atoms with van der Waals surface area (Å²) in [6, 6.07) is 5.36. The molecule has 0 saturated carbocycles. The maximum absolute atomic E-state index is 10.4. The number of hydrogen-bond acceptors (Lipinski definition) is 5. The number of aliphatic hydroxyl groups is 1. The standard InChI is InChI=1S/C9H11NO3.C3H9NO.C3H4/c10-8(9(12)13)5-6-1-3-7(11)4-2-6;1-3(4)2-5;1-3-2/h1-4,8,11H,5,10H2,(H,12,13);3,5H,2,4H2,1H3;1H,2H3. The highest BCUT2D eigenvalue weighted by Crippen LogP contribution is 2.10. The van der Waals surface area contributed by atoms with Gasteiger partial charge in [0.1, 0.15) is 11.8 Å². The van der Waals surface area contributed by atoms with Crippen molar-refractivity contribution >= 4 is 5.97 Å². The molecule has 2 atom stereocenters. The Balaban J connectivity index is 0. The first-order valence-electron chi connectivity index (χ1n) is 6.28. The zero-order valence-corrected chi connectivity index (χ0v) is 12.4. The minimum absolute atomic E-state index is 0.0602. The molecule has 1 rings (SSSR count). The van der Waals surface area contributed by atoms with Crippen molar-refractivity contribution in [3.63, 3.8) is 0 Å². The Morgan fingerprint density at radius 3 is 2.00 bits per heavy atom. The van der Waals surface area contributed by atoms with Crippen LogP contribution in [0.4, 0.5) is 0 Å². The second-order valence-electron chi connectivity index (χ2n) is 4.26. The lowest BCUT2D eigenvalue weighted by molar-refractivity contribution is -0.138. The molecule has 0 aliphatic carbocycles. The number of aliphatic carboxylic acids is 1. The molecule has 0 heterocycles. The van der Waals surface area contributed by atoms with Gasteiger partial charge in [0.25, 0.3) is 0 Å². The average Bonchev–Trinajstić information content (AvgIpc) is 2.42. The number of carbonyl (C=O) groups is 1. The van der Waals surface area contributed by atoms with E-state index >= 15 is 0 Å². The molecule has 1 aromatic carbocycles. The molecule has 0 amide bonds. The molecular weight excluding hydrogens is 272 g/mol. The monoisotopic (exact) mass is 296 g/mol. The summed E-state index contributed by atoms with van der Waals surface area (Å²) >= 11 is 0. The fourth-order valence-corrected chi connectivity index (χ4v) is 0.973. The average molecular weight is 296 g/mol. The molecule has 0 aromatic heterocycles. The first-order valence-corrected chi connectivity index (χ1v) is 6.28. The molecule has 1 aromatic rings. The predicted octanol–water partition coefficient (Wildman–Crippen LogP) is 0.312. The van der Waals surface area contributed by atoms with Gasteiger partial charge in [-0.05, 0) is 38.0 Å². The van der Waals surface area contributed by atoms with Crippen LogP contribution in [0.1, 0.15) is 19.4 Å². The van der Waals surface area contributed by atoms with Crippen molar-refractivity contribution in [1.29, 1.82) is 0 Å². The van der Waals surface area contributed by atoms with Gasteiger partial charge in [-0.2, -0.15) is 0 Å². The molecule has 0 bridgehead atoms. The number of phenols is 1. The van der Waals surface area contributed by atoms with Gasteiger partial charge in [0.2, 0.25) is 0 Å². The van der Waals surface area contributed by atoms with Crippen LogP contribution in [-0.4, -0.2) is 40.0 Å². The van der Waals surface area contributed by atoms with Gasteiger partial charge in [-0.25, -0.2) is 0 Å². The lowest BCUT2D eigenvalue weighted by Gasteiger charge is -2.05. The van der Waals surface area contributed by atoms with Crippen LogP contribution in [0.15, 0.2) is 24.3 Å². The number of aliphatic hydroxyl groups excluding tert-OH is 1. The van der Waals surface area contributed by atoms with Crippen molar-refractivity contribution < 1.29 is 20.1 Å². The fourth-order valence-electron chi connectivity index (χ4n) is 0.973. The van der Waals surface area contributed by atoms with Gasteiger partial charge in [0.15, 0.2) is 0 Å². The second kappa shape index (κ2) is 12.9. The third-order valence-corrected chi connectivity index (χ3v) is 2.00. The lowest BCUT2D eigenvalue weighted by atomic mass is 10.1. The molecule has 0 aliphatic rings. The zero-order valence-electron chi connectivity index (χ0n) is 12.4. The van der Waals surface area contributed by atoms with E-state index < -0.39 is 12.0 Å². The van der Waals surface area contributed by atoms with E-state index in [-0.39, 0.29) is 24.8 Å². The minimum atomic E-state index is -1.02. The lowest BCUT2D eigenvalue weighted by Crippen LogP contribution is -2.32. The molecular formula is C15H24N2O4. The highest BCUT2D eigenvalue weighted by Gasteiger charge is 2.11. The molecule has 2 unspecified atom stereocenters. The van der Waals surface area contributed by atoms with Crippen LogP contribution in [0, 0.1) is 12.3 Å². The third kappa shape index (κ3) is 14.2. The number of rotatable bonds is 4. The number of carboxylic acid groups (broad SMARTS) is 1. The van der Waals surface area contributed by atoms with Crippen molar-refractivity contribution in [2.24, 2.45) is 11.5 Å².